The van der Waals surface area contributed by atoms with Gasteiger partial charge in [0.25, 0.3) is 0 Å². The maximum atomic E-state index is 6.22. The van der Waals surface area contributed by atoms with E-state index in [4.69, 9.17) is 11.6 Å². The van der Waals surface area contributed by atoms with Gasteiger partial charge in [0.05, 0.1) is 0 Å². The normalized spacial score (nSPS) is 14.8. The zero-order chi connectivity index (χ0) is 14.5. The first-order valence-electron chi connectivity index (χ1n) is 7.87. The van der Waals surface area contributed by atoms with Gasteiger partial charge in [-0.25, -0.2) is 0 Å². The number of hydrogen-bond acceptors (Lipinski definition) is 2. The summed E-state index contributed by atoms with van der Waals surface area (Å²) in [6.45, 7) is 9.84. The van der Waals surface area contributed by atoms with Crippen LogP contribution in [0.1, 0.15) is 45.6 Å². The Morgan fingerprint density at radius 3 is 2.70 bits per heavy atom. The average molecular weight is 295 g/mol. The Kier molecular flexibility index (Phi) is 5.74. The van der Waals surface area contributed by atoms with Gasteiger partial charge in [0.15, 0.2) is 0 Å². The number of rotatable bonds is 8. The van der Waals surface area contributed by atoms with Gasteiger partial charge < -0.3 is 10.2 Å². The molecule has 1 N–H and O–H groups in total. The molecule has 0 heterocycles. The average Bonchev–Trinajstić information content (AvgIpc) is 3.22. The molecule has 1 saturated carbocycles. The molecule has 0 atom stereocenters. The van der Waals surface area contributed by atoms with Crippen molar-refractivity contribution < 1.29 is 0 Å². The molecule has 0 aliphatic heterocycles. The molecule has 3 heteroatoms. The maximum absolute atomic E-state index is 6.22. The van der Waals surface area contributed by atoms with Crippen LogP contribution in [0.25, 0.3) is 0 Å². The van der Waals surface area contributed by atoms with Crippen LogP contribution in [0.5, 0.6) is 0 Å². The molecule has 0 radical (unpaired) electrons. The fourth-order valence-electron chi connectivity index (χ4n) is 2.58. The van der Waals surface area contributed by atoms with Gasteiger partial charge in [-0.3, -0.25) is 0 Å². The summed E-state index contributed by atoms with van der Waals surface area (Å²) < 4.78 is 0. The monoisotopic (exact) mass is 294 g/mol. The van der Waals surface area contributed by atoms with Gasteiger partial charge in [-0.1, -0.05) is 38.4 Å². The Balaban J connectivity index is 2.13. The van der Waals surface area contributed by atoms with Gasteiger partial charge in [-0.2, -0.15) is 0 Å². The molecule has 0 spiro atoms. The van der Waals surface area contributed by atoms with Crippen LogP contribution in [0.15, 0.2) is 18.2 Å². The first-order valence-corrected chi connectivity index (χ1v) is 8.25. The predicted octanol–water partition coefficient (Wildman–Crippen LogP) is 4.46. The Bertz CT molecular complexity index is 427. The summed E-state index contributed by atoms with van der Waals surface area (Å²) in [6.07, 6.45) is 3.83. The smallest absolute Gasteiger partial charge is 0.0429 e. The summed E-state index contributed by atoms with van der Waals surface area (Å²) in [4.78, 5) is 2.55. The summed E-state index contributed by atoms with van der Waals surface area (Å²) in [5, 5.41) is 4.39. The van der Waals surface area contributed by atoms with E-state index in [2.05, 4.69) is 43.1 Å². The van der Waals surface area contributed by atoms with Crippen LogP contribution < -0.4 is 10.2 Å². The highest BCUT2D eigenvalue weighted by Gasteiger charge is 2.29. The summed E-state index contributed by atoms with van der Waals surface area (Å²) in [7, 11) is 0. The summed E-state index contributed by atoms with van der Waals surface area (Å²) in [6, 6.07) is 7.06. The topological polar surface area (TPSA) is 15.3 Å². The summed E-state index contributed by atoms with van der Waals surface area (Å²) in [5.74, 6) is 0.681. The van der Waals surface area contributed by atoms with E-state index in [1.54, 1.807) is 0 Å². The molecular formula is C17H27ClN2. The summed E-state index contributed by atoms with van der Waals surface area (Å²) >= 11 is 6.22. The fraction of sp³-hybridized carbons (Fsp3) is 0.647. The molecule has 0 amide bonds. The van der Waals surface area contributed by atoms with Crippen LogP contribution in [0.2, 0.25) is 5.02 Å². The Morgan fingerprint density at radius 1 is 1.35 bits per heavy atom. The number of benzene rings is 1. The third-order valence-corrected chi connectivity index (χ3v) is 3.91. The standard InChI is InChI=1S/C17H27ClN2/c1-4-9-20(16-7-8-16)17-10-15(18)6-5-14(17)12-19-11-13(2)3/h5-6,10,13,16,19H,4,7-9,11-12H2,1-3H3. The van der Waals surface area contributed by atoms with Crippen LogP contribution in [-0.2, 0) is 6.54 Å². The first-order chi connectivity index (χ1) is 9.61. The van der Waals surface area contributed by atoms with Crippen LogP contribution >= 0.6 is 11.6 Å². The molecule has 1 fully saturated rings. The van der Waals surface area contributed by atoms with E-state index < -0.39 is 0 Å². The van der Waals surface area contributed by atoms with Crippen molar-refractivity contribution >= 4 is 17.3 Å². The van der Waals surface area contributed by atoms with E-state index in [0.717, 1.165) is 30.7 Å². The molecule has 0 aromatic heterocycles. The Morgan fingerprint density at radius 2 is 2.10 bits per heavy atom. The van der Waals surface area contributed by atoms with Gasteiger partial charge in [0.2, 0.25) is 0 Å². The molecule has 1 aliphatic rings. The van der Waals surface area contributed by atoms with Crippen molar-refractivity contribution in [2.75, 3.05) is 18.0 Å². The van der Waals surface area contributed by atoms with Crippen LogP contribution in [0.3, 0.4) is 0 Å². The second kappa shape index (κ2) is 7.33. The van der Waals surface area contributed by atoms with E-state index in [0.29, 0.717) is 5.92 Å². The predicted molar refractivity (Wildman–Crippen MR) is 88.7 cm³/mol. The van der Waals surface area contributed by atoms with Gasteiger partial charge in [0, 0.05) is 29.8 Å². The first kappa shape index (κ1) is 15.7. The molecule has 20 heavy (non-hydrogen) atoms. The number of nitrogens with zero attached hydrogens (tertiary/aromatic N) is 1. The van der Waals surface area contributed by atoms with Crippen molar-refractivity contribution in [2.45, 2.75) is 52.6 Å². The zero-order valence-electron chi connectivity index (χ0n) is 13.0. The quantitative estimate of drug-likeness (QED) is 0.761. The maximum Gasteiger partial charge on any atom is 0.0429 e. The molecule has 1 aromatic rings. The van der Waals surface area contributed by atoms with E-state index in [1.807, 2.05) is 6.07 Å². The van der Waals surface area contributed by atoms with Crippen molar-refractivity contribution in [2.24, 2.45) is 5.92 Å². The van der Waals surface area contributed by atoms with Crippen LogP contribution in [0.4, 0.5) is 5.69 Å². The SMILES string of the molecule is CCCN(c1cc(Cl)ccc1CNCC(C)C)C1CC1. The molecule has 0 bridgehead atoms. The molecule has 2 rings (SSSR count). The largest absolute Gasteiger partial charge is 0.368 e. The van der Waals surface area contributed by atoms with E-state index in [1.165, 1.54) is 30.5 Å². The highest BCUT2D eigenvalue weighted by atomic mass is 35.5. The van der Waals surface area contributed by atoms with Gasteiger partial charge in [-0.05, 0) is 49.4 Å². The van der Waals surface area contributed by atoms with Gasteiger partial charge >= 0.3 is 0 Å². The highest BCUT2D eigenvalue weighted by molar-refractivity contribution is 6.30. The molecule has 1 aromatic carbocycles. The molecule has 1 aliphatic carbocycles. The Hall–Kier alpha value is -0.730. The van der Waals surface area contributed by atoms with E-state index >= 15 is 0 Å². The number of halogens is 1. The minimum atomic E-state index is 0.681. The van der Waals surface area contributed by atoms with Crippen molar-refractivity contribution in [1.82, 2.24) is 5.32 Å². The highest BCUT2D eigenvalue weighted by Crippen LogP contribution is 2.35. The lowest BCUT2D eigenvalue weighted by Gasteiger charge is -2.27. The number of hydrogen-bond donors (Lipinski definition) is 1. The van der Waals surface area contributed by atoms with Crippen LogP contribution in [0, 0.1) is 5.92 Å². The zero-order valence-corrected chi connectivity index (χ0v) is 13.7. The van der Waals surface area contributed by atoms with Gasteiger partial charge in [0.1, 0.15) is 0 Å². The molecule has 2 nitrogen and oxygen atoms in total. The Labute approximate surface area is 128 Å². The molecule has 0 saturated heterocycles. The van der Waals surface area contributed by atoms with E-state index in [-0.39, 0.29) is 0 Å². The molecule has 112 valence electrons. The second-order valence-electron chi connectivity index (χ2n) is 6.22. The molecule has 0 unspecified atom stereocenters. The summed E-state index contributed by atoms with van der Waals surface area (Å²) in [5.41, 5.74) is 2.70. The third-order valence-electron chi connectivity index (χ3n) is 3.68. The van der Waals surface area contributed by atoms with Crippen molar-refractivity contribution in [3.8, 4) is 0 Å². The molecular weight excluding hydrogens is 268 g/mol. The lowest BCUT2D eigenvalue weighted by atomic mass is 10.1. The third kappa shape index (κ3) is 4.39. The number of nitrogens with one attached hydrogen (secondary N) is 1. The van der Waals surface area contributed by atoms with Crippen molar-refractivity contribution in [3.05, 3.63) is 28.8 Å². The second-order valence-corrected chi connectivity index (χ2v) is 6.66. The lowest BCUT2D eigenvalue weighted by molar-refractivity contribution is 0.551. The fourth-order valence-corrected chi connectivity index (χ4v) is 2.74. The number of anilines is 1. The minimum Gasteiger partial charge on any atom is -0.368 e. The lowest BCUT2D eigenvalue weighted by Crippen LogP contribution is -2.29. The van der Waals surface area contributed by atoms with Crippen molar-refractivity contribution in [3.63, 3.8) is 0 Å². The van der Waals surface area contributed by atoms with Gasteiger partial charge in [-0.15, -0.1) is 0 Å². The minimum absolute atomic E-state index is 0.681. The van der Waals surface area contributed by atoms with Crippen LogP contribution in [-0.4, -0.2) is 19.1 Å². The van der Waals surface area contributed by atoms with E-state index in [9.17, 15) is 0 Å². The van der Waals surface area contributed by atoms with Crippen molar-refractivity contribution in [1.29, 1.82) is 0 Å².